The van der Waals surface area contributed by atoms with E-state index in [1.54, 1.807) is 0 Å². The molecular formula is C26H35NO2. The third-order valence-corrected chi connectivity index (χ3v) is 5.97. The zero-order valence-corrected chi connectivity index (χ0v) is 17.5. The Morgan fingerprint density at radius 3 is 2.03 bits per heavy atom. The second kappa shape index (κ2) is 12.4. The monoisotopic (exact) mass is 393 g/mol. The molecular weight excluding hydrogens is 358 g/mol. The van der Waals surface area contributed by atoms with Crippen LogP contribution in [0.25, 0.3) is 0 Å². The number of benzene rings is 2. The first-order valence-electron chi connectivity index (χ1n) is 11.3. The van der Waals surface area contributed by atoms with Crippen LogP contribution in [-0.4, -0.2) is 25.7 Å². The molecule has 156 valence electrons. The van der Waals surface area contributed by atoms with Gasteiger partial charge in [0.1, 0.15) is 0 Å². The Balaban J connectivity index is 1.37. The summed E-state index contributed by atoms with van der Waals surface area (Å²) in [6, 6.07) is 21.3. The van der Waals surface area contributed by atoms with E-state index in [-0.39, 0.29) is 5.97 Å². The van der Waals surface area contributed by atoms with Crippen molar-refractivity contribution in [3.63, 3.8) is 0 Å². The molecule has 1 fully saturated rings. The Morgan fingerprint density at radius 2 is 1.45 bits per heavy atom. The van der Waals surface area contributed by atoms with Crippen molar-refractivity contribution in [3.05, 3.63) is 71.8 Å². The predicted octanol–water partition coefficient (Wildman–Crippen LogP) is 5.70. The van der Waals surface area contributed by atoms with Crippen LogP contribution in [0.3, 0.4) is 0 Å². The summed E-state index contributed by atoms with van der Waals surface area (Å²) in [5, 5.41) is 3.43. The highest BCUT2D eigenvalue weighted by Crippen LogP contribution is 2.27. The standard InChI is InChI=1S/C26H35NO2/c28-26(29-21-22-11-5-1-2-6-12-22)18-20-27-19-17-25(23-13-7-3-8-14-23)24-15-9-4-10-16-24/h3-4,7-10,13-16,22,25,27H,1-2,5-6,11-12,17-21H2. The molecule has 0 saturated heterocycles. The van der Waals surface area contributed by atoms with Crippen molar-refractivity contribution < 1.29 is 9.53 Å². The maximum Gasteiger partial charge on any atom is 0.307 e. The lowest BCUT2D eigenvalue weighted by molar-refractivity contribution is -0.145. The molecule has 2 aromatic rings. The van der Waals surface area contributed by atoms with Crippen molar-refractivity contribution in [1.29, 1.82) is 0 Å². The van der Waals surface area contributed by atoms with Crippen molar-refractivity contribution in [2.24, 2.45) is 5.92 Å². The molecule has 0 unspecified atom stereocenters. The number of esters is 1. The van der Waals surface area contributed by atoms with Crippen LogP contribution < -0.4 is 5.32 Å². The Bertz CT molecular complexity index is 654. The second-order valence-corrected chi connectivity index (χ2v) is 8.20. The van der Waals surface area contributed by atoms with Gasteiger partial charge in [-0.05, 0) is 42.9 Å². The van der Waals surface area contributed by atoms with Crippen molar-refractivity contribution >= 4 is 5.97 Å². The van der Waals surface area contributed by atoms with Crippen LogP contribution in [0, 0.1) is 5.92 Å². The first kappa shape index (κ1) is 21.6. The Morgan fingerprint density at radius 1 is 0.862 bits per heavy atom. The van der Waals surface area contributed by atoms with Crippen LogP contribution in [-0.2, 0) is 9.53 Å². The number of carbonyl (C=O) groups is 1. The second-order valence-electron chi connectivity index (χ2n) is 8.20. The quantitative estimate of drug-likeness (QED) is 0.319. The average Bonchev–Trinajstić information content (AvgIpc) is 3.05. The molecule has 3 nitrogen and oxygen atoms in total. The molecule has 2 aromatic carbocycles. The van der Waals surface area contributed by atoms with Gasteiger partial charge in [0.05, 0.1) is 13.0 Å². The average molecular weight is 394 g/mol. The van der Waals surface area contributed by atoms with Crippen LogP contribution in [0.5, 0.6) is 0 Å². The third kappa shape index (κ3) is 7.66. The molecule has 1 aliphatic rings. The molecule has 3 heteroatoms. The number of carbonyl (C=O) groups excluding carboxylic acids is 1. The predicted molar refractivity (Wildman–Crippen MR) is 119 cm³/mol. The highest BCUT2D eigenvalue weighted by atomic mass is 16.5. The third-order valence-electron chi connectivity index (χ3n) is 5.97. The van der Waals surface area contributed by atoms with Crippen molar-refractivity contribution in [1.82, 2.24) is 5.32 Å². The molecule has 1 aliphatic carbocycles. The zero-order valence-electron chi connectivity index (χ0n) is 17.5. The van der Waals surface area contributed by atoms with E-state index in [9.17, 15) is 4.79 Å². The van der Waals surface area contributed by atoms with Crippen LogP contribution >= 0.6 is 0 Å². The minimum Gasteiger partial charge on any atom is -0.465 e. The molecule has 0 spiro atoms. The van der Waals surface area contributed by atoms with Gasteiger partial charge >= 0.3 is 5.97 Å². The number of ether oxygens (including phenoxy) is 1. The summed E-state index contributed by atoms with van der Waals surface area (Å²) in [6.45, 7) is 2.17. The Labute approximate surface area is 175 Å². The largest absolute Gasteiger partial charge is 0.465 e. The van der Waals surface area contributed by atoms with Gasteiger partial charge in [0.25, 0.3) is 0 Å². The number of nitrogens with one attached hydrogen (secondary N) is 1. The van der Waals surface area contributed by atoms with E-state index in [2.05, 4.69) is 66.0 Å². The van der Waals surface area contributed by atoms with Crippen molar-refractivity contribution in [2.45, 2.75) is 57.3 Å². The summed E-state index contributed by atoms with van der Waals surface area (Å²) in [5.74, 6) is 0.878. The Hall–Kier alpha value is -2.13. The van der Waals surface area contributed by atoms with Crippen LogP contribution in [0.4, 0.5) is 0 Å². The molecule has 0 aromatic heterocycles. The SMILES string of the molecule is O=C(CCNCCC(c1ccccc1)c1ccccc1)OCC1CCCCCC1. The zero-order chi connectivity index (χ0) is 20.2. The van der Waals surface area contributed by atoms with Crippen molar-refractivity contribution in [3.8, 4) is 0 Å². The van der Waals surface area contributed by atoms with E-state index in [4.69, 9.17) is 4.74 Å². The summed E-state index contributed by atoms with van der Waals surface area (Å²) < 4.78 is 5.52. The summed E-state index contributed by atoms with van der Waals surface area (Å²) >= 11 is 0. The van der Waals surface area contributed by atoms with E-state index in [1.807, 2.05) is 0 Å². The highest BCUT2D eigenvalue weighted by Gasteiger charge is 2.15. The first-order valence-corrected chi connectivity index (χ1v) is 11.3. The lowest BCUT2D eigenvalue weighted by atomic mass is 9.88. The maximum absolute atomic E-state index is 12.0. The van der Waals surface area contributed by atoms with Gasteiger partial charge in [0, 0.05) is 12.5 Å². The Kier molecular flexibility index (Phi) is 9.25. The van der Waals surface area contributed by atoms with Gasteiger partial charge in [-0.1, -0.05) is 86.3 Å². The molecule has 0 bridgehead atoms. The number of rotatable bonds is 10. The summed E-state index contributed by atoms with van der Waals surface area (Å²) in [7, 11) is 0. The molecule has 3 rings (SSSR count). The molecule has 1 N–H and O–H groups in total. The van der Waals surface area contributed by atoms with Crippen LogP contribution in [0.1, 0.15) is 68.4 Å². The van der Waals surface area contributed by atoms with E-state index in [1.165, 1.54) is 49.7 Å². The molecule has 0 radical (unpaired) electrons. The van der Waals surface area contributed by atoms with Crippen molar-refractivity contribution in [2.75, 3.05) is 19.7 Å². The topological polar surface area (TPSA) is 38.3 Å². The van der Waals surface area contributed by atoms with Gasteiger partial charge in [-0.15, -0.1) is 0 Å². The van der Waals surface area contributed by atoms with E-state index < -0.39 is 0 Å². The minimum atomic E-state index is -0.0654. The minimum absolute atomic E-state index is 0.0654. The molecule has 0 amide bonds. The normalized spacial score (nSPS) is 15.2. The lowest BCUT2D eigenvalue weighted by Gasteiger charge is -2.18. The molecule has 1 saturated carbocycles. The summed E-state index contributed by atoms with van der Waals surface area (Å²) in [5.41, 5.74) is 2.67. The van der Waals surface area contributed by atoms with Gasteiger partial charge in [-0.3, -0.25) is 4.79 Å². The highest BCUT2D eigenvalue weighted by molar-refractivity contribution is 5.69. The smallest absolute Gasteiger partial charge is 0.307 e. The number of hydrogen-bond acceptors (Lipinski definition) is 3. The van der Waals surface area contributed by atoms with E-state index in [0.29, 0.717) is 31.4 Å². The van der Waals surface area contributed by atoms with Gasteiger partial charge in [0.2, 0.25) is 0 Å². The molecule has 0 atom stereocenters. The molecule has 0 heterocycles. The summed E-state index contributed by atoms with van der Waals surface area (Å²) in [6.07, 6.45) is 9.13. The fourth-order valence-corrected chi connectivity index (χ4v) is 4.27. The lowest BCUT2D eigenvalue weighted by Crippen LogP contribution is -2.23. The first-order chi connectivity index (χ1) is 14.3. The van der Waals surface area contributed by atoms with Gasteiger partial charge in [-0.2, -0.15) is 0 Å². The molecule has 29 heavy (non-hydrogen) atoms. The summed E-state index contributed by atoms with van der Waals surface area (Å²) in [4.78, 5) is 12.0. The number of hydrogen-bond donors (Lipinski definition) is 1. The van der Waals surface area contributed by atoms with Gasteiger partial charge < -0.3 is 10.1 Å². The fourth-order valence-electron chi connectivity index (χ4n) is 4.27. The fraction of sp³-hybridized carbons (Fsp3) is 0.500. The van der Waals surface area contributed by atoms with E-state index in [0.717, 1.165) is 13.0 Å². The van der Waals surface area contributed by atoms with Crippen LogP contribution in [0.15, 0.2) is 60.7 Å². The van der Waals surface area contributed by atoms with E-state index >= 15 is 0 Å². The molecule has 0 aliphatic heterocycles. The van der Waals surface area contributed by atoms with Crippen LogP contribution in [0.2, 0.25) is 0 Å². The van der Waals surface area contributed by atoms with Gasteiger partial charge in [0.15, 0.2) is 0 Å². The van der Waals surface area contributed by atoms with Gasteiger partial charge in [-0.25, -0.2) is 0 Å². The maximum atomic E-state index is 12.0.